The van der Waals surface area contributed by atoms with E-state index in [1.807, 2.05) is 0 Å². The van der Waals surface area contributed by atoms with E-state index < -0.39 is 0 Å². The first-order valence-electron chi connectivity index (χ1n) is 4.58. The molecule has 0 heteroatoms. The van der Waals surface area contributed by atoms with Gasteiger partial charge in [0.05, 0.1) is 0 Å². The van der Waals surface area contributed by atoms with Crippen molar-refractivity contribution in [2.45, 2.75) is 48.0 Å². The number of rotatable bonds is 3. The van der Waals surface area contributed by atoms with Gasteiger partial charge in [0.1, 0.15) is 0 Å². The minimum atomic E-state index is 0.361. The van der Waals surface area contributed by atoms with Crippen molar-refractivity contribution < 1.29 is 0 Å². The standard InChI is InChI=1S/C11H22/c1-7-10(4)8-11(5,6)9(2)3/h8-9H,7H2,1-6H3. The van der Waals surface area contributed by atoms with Crippen LogP contribution in [0, 0.1) is 11.3 Å². The molecule has 11 heavy (non-hydrogen) atoms. The molecule has 0 atom stereocenters. The molecule has 0 fully saturated rings. The average Bonchev–Trinajstić information content (AvgIpc) is 1.86. The summed E-state index contributed by atoms with van der Waals surface area (Å²) >= 11 is 0. The Morgan fingerprint density at radius 3 is 2.09 bits per heavy atom. The Morgan fingerprint density at radius 2 is 1.82 bits per heavy atom. The highest BCUT2D eigenvalue weighted by Gasteiger charge is 2.18. The molecule has 0 N–H and O–H groups in total. The summed E-state index contributed by atoms with van der Waals surface area (Å²) in [6, 6.07) is 0. The van der Waals surface area contributed by atoms with Crippen LogP contribution in [-0.2, 0) is 0 Å². The second-order valence-corrected chi connectivity index (χ2v) is 4.32. The fourth-order valence-electron chi connectivity index (χ4n) is 0.904. The lowest BCUT2D eigenvalue weighted by Crippen LogP contribution is -2.16. The van der Waals surface area contributed by atoms with Crippen molar-refractivity contribution >= 4 is 0 Å². The van der Waals surface area contributed by atoms with Crippen molar-refractivity contribution in [2.24, 2.45) is 11.3 Å². The molecular formula is C11H22. The number of allylic oxidation sites excluding steroid dienone is 2. The fraction of sp³-hybridized carbons (Fsp3) is 0.818. The first-order valence-corrected chi connectivity index (χ1v) is 4.58. The maximum Gasteiger partial charge on any atom is -0.0149 e. The van der Waals surface area contributed by atoms with Gasteiger partial charge in [0.25, 0.3) is 0 Å². The van der Waals surface area contributed by atoms with Gasteiger partial charge in [-0.2, -0.15) is 0 Å². The van der Waals surface area contributed by atoms with Crippen molar-refractivity contribution in [2.75, 3.05) is 0 Å². The molecule has 0 aromatic rings. The lowest BCUT2D eigenvalue weighted by molar-refractivity contribution is 0.330. The van der Waals surface area contributed by atoms with Gasteiger partial charge >= 0.3 is 0 Å². The second-order valence-electron chi connectivity index (χ2n) is 4.32. The van der Waals surface area contributed by atoms with E-state index in [0.717, 1.165) is 5.92 Å². The molecule has 0 radical (unpaired) electrons. The summed E-state index contributed by atoms with van der Waals surface area (Å²) in [6.07, 6.45) is 3.58. The Hall–Kier alpha value is -0.260. The maximum absolute atomic E-state index is 2.40. The third-order valence-electron chi connectivity index (χ3n) is 2.66. The fourth-order valence-corrected chi connectivity index (χ4v) is 0.904. The molecule has 0 aromatic carbocycles. The molecule has 66 valence electrons. The van der Waals surface area contributed by atoms with E-state index in [2.05, 4.69) is 47.6 Å². The molecule has 0 aromatic heterocycles. The molecule has 0 spiro atoms. The van der Waals surface area contributed by atoms with E-state index in [-0.39, 0.29) is 0 Å². The number of hydrogen-bond acceptors (Lipinski definition) is 0. The van der Waals surface area contributed by atoms with Crippen LogP contribution in [0.4, 0.5) is 0 Å². The first-order chi connectivity index (χ1) is 4.90. The Balaban J connectivity index is 4.33. The topological polar surface area (TPSA) is 0 Å². The van der Waals surface area contributed by atoms with E-state index in [1.54, 1.807) is 0 Å². The Bertz CT molecular complexity index is 138. The van der Waals surface area contributed by atoms with Gasteiger partial charge in [0.2, 0.25) is 0 Å². The summed E-state index contributed by atoms with van der Waals surface area (Å²) < 4.78 is 0. The molecule has 0 unspecified atom stereocenters. The van der Waals surface area contributed by atoms with Crippen molar-refractivity contribution in [1.82, 2.24) is 0 Å². The zero-order chi connectivity index (χ0) is 9.07. The van der Waals surface area contributed by atoms with E-state index in [9.17, 15) is 0 Å². The Morgan fingerprint density at radius 1 is 1.36 bits per heavy atom. The first kappa shape index (κ1) is 10.7. The molecule has 0 aliphatic rings. The SMILES string of the molecule is CCC(C)=CC(C)(C)C(C)C. The molecule has 0 aliphatic carbocycles. The number of hydrogen-bond donors (Lipinski definition) is 0. The summed E-state index contributed by atoms with van der Waals surface area (Å²) in [6.45, 7) is 13.6. The predicted octanol–water partition coefficient (Wildman–Crippen LogP) is 4.02. The van der Waals surface area contributed by atoms with Crippen molar-refractivity contribution in [3.8, 4) is 0 Å². The quantitative estimate of drug-likeness (QED) is 0.538. The normalized spacial score (nSPS) is 14.3. The molecule has 0 bridgehead atoms. The van der Waals surface area contributed by atoms with Gasteiger partial charge in [0, 0.05) is 0 Å². The molecule has 0 saturated heterocycles. The third kappa shape index (κ3) is 3.60. The van der Waals surface area contributed by atoms with Gasteiger partial charge in [-0.05, 0) is 24.7 Å². The van der Waals surface area contributed by atoms with Crippen LogP contribution < -0.4 is 0 Å². The van der Waals surface area contributed by atoms with E-state index in [1.165, 1.54) is 12.0 Å². The van der Waals surface area contributed by atoms with Crippen molar-refractivity contribution in [3.05, 3.63) is 11.6 Å². The van der Waals surface area contributed by atoms with Gasteiger partial charge in [0.15, 0.2) is 0 Å². The summed E-state index contributed by atoms with van der Waals surface area (Å²) in [5.41, 5.74) is 1.86. The molecule has 0 heterocycles. The van der Waals surface area contributed by atoms with E-state index in [0.29, 0.717) is 5.41 Å². The van der Waals surface area contributed by atoms with Gasteiger partial charge in [-0.1, -0.05) is 46.3 Å². The highest BCUT2D eigenvalue weighted by atomic mass is 14.2. The summed E-state index contributed by atoms with van der Waals surface area (Å²) in [5.74, 6) is 0.726. The van der Waals surface area contributed by atoms with E-state index in [4.69, 9.17) is 0 Å². The van der Waals surface area contributed by atoms with Crippen molar-refractivity contribution in [3.63, 3.8) is 0 Å². The molecule has 0 nitrogen and oxygen atoms in total. The average molecular weight is 154 g/mol. The largest absolute Gasteiger partial charge is 0.0797 e. The highest BCUT2D eigenvalue weighted by molar-refractivity contribution is 5.05. The van der Waals surface area contributed by atoms with Crippen LogP contribution >= 0.6 is 0 Å². The maximum atomic E-state index is 2.40. The summed E-state index contributed by atoms with van der Waals surface area (Å²) in [5, 5.41) is 0. The van der Waals surface area contributed by atoms with Gasteiger partial charge in [-0.25, -0.2) is 0 Å². The van der Waals surface area contributed by atoms with Crippen LogP contribution in [-0.4, -0.2) is 0 Å². The smallest absolute Gasteiger partial charge is 0.0149 e. The highest BCUT2D eigenvalue weighted by Crippen LogP contribution is 2.29. The minimum absolute atomic E-state index is 0.361. The predicted molar refractivity (Wildman–Crippen MR) is 52.7 cm³/mol. The van der Waals surface area contributed by atoms with Crippen LogP contribution in [0.25, 0.3) is 0 Å². The minimum Gasteiger partial charge on any atom is -0.0797 e. The lowest BCUT2D eigenvalue weighted by atomic mass is 9.79. The van der Waals surface area contributed by atoms with Crippen LogP contribution in [0.15, 0.2) is 11.6 Å². The van der Waals surface area contributed by atoms with Crippen LogP contribution in [0.3, 0.4) is 0 Å². The zero-order valence-corrected chi connectivity index (χ0v) is 8.86. The molecule has 0 aliphatic heterocycles. The van der Waals surface area contributed by atoms with Crippen LogP contribution in [0.2, 0.25) is 0 Å². The van der Waals surface area contributed by atoms with Gasteiger partial charge in [-0.15, -0.1) is 0 Å². The van der Waals surface area contributed by atoms with Crippen LogP contribution in [0.1, 0.15) is 48.0 Å². The van der Waals surface area contributed by atoms with E-state index >= 15 is 0 Å². The van der Waals surface area contributed by atoms with Gasteiger partial charge < -0.3 is 0 Å². The Labute approximate surface area is 71.7 Å². The third-order valence-corrected chi connectivity index (χ3v) is 2.66. The van der Waals surface area contributed by atoms with Crippen LogP contribution in [0.5, 0.6) is 0 Å². The second kappa shape index (κ2) is 3.94. The molecule has 0 saturated carbocycles. The lowest BCUT2D eigenvalue weighted by Gasteiger charge is -2.26. The monoisotopic (exact) mass is 154 g/mol. The zero-order valence-electron chi connectivity index (χ0n) is 8.86. The summed E-state index contributed by atoms with van der Waals surface area (Å²) in [4.78, 5) is 0. The summed E-state index contributed by atoms with van der Waals surface area (Å²) in [7, 11) is 0. The van der Waals surface area contributed by atoms with Crippen molar-refractivity contribution in [1.29, 1.82) is 0 Å². The molecule has 0 rings (SSSR count). The molecule has 0 amide bonds. The molecular weight excluding hydrogens is 132 g/mol. The van der Waals surface area contributed by atoms with Gasteiger partial charge in [-0.3, -0.25) is 0 Å². The Kier molecular flexibility index (Phi) is 3.85.